The van der Waals surface area contributed by atoms with Gasteiger partial charge in [0.05, 0.1) is 0 Å². The first-order valence-corrected chi connectivity index (χ1v) is 4.60. The van der Waals surface area contributed by atoms with Crippen molar-refractivity contribution in [3.05, 3.63) is 33.1 Å². The summed E-state index contributed by atoms with van der Waals surface area (Å²) >= 11 is 2.09. The Hall–Kier alpha value is 0.0969. The molecule has 51 valence electrons. The molecule has 0 spiro atoms. The summed E-state index contributed by atoms with van der Waals surface area (Å²) in [6.07, 6.45) is 0. The fourth-order valence-corrected chi connectivity index (χ4v) is 1.61. The van der Waals surface area contributed by atoms with Gasteiger partial charge < -0.3 is 0 Å². The van der Waals surface area contributed by atoms with Gasteiger partial charge >= 0.3 is 0 Å². The first-order valence-electron chi connectivity index (χ1n) is 2.82. The van der Waals surface area contributed by atoms with Crippen molar-refractivity contribution in [3.8, 4) is 0 Å². The molecule has 0 aliphatic heterocycles. The van der Waals surface area contributed by atoms with E-state index in [0.29, 0.717) is 6.04 Å². The fourth-order valence-electron chi connectivity index (χ4n) is 0.713. The Morgan fingerprint density at radius 2 is 2.10 bits per heavy atom. The van der Waals surface area contributed by atoms with Gasteiger partial charge in [0, 0.05) is 13.8 Å². The highest BCUT2D eigenvalue weighted by atomic mass is 127. The molecular formula is C7H5FISi. The van der Waals surface area contributed by atoms with Crippen LogP contribution in [0.15, 0.2) is 18.2 Å². The smallest absolute Gasteiger partial charge is 0.124 e. The van der Waals surface area contributed by atoms with E-state index in [1.165, 1.54) is 12.1 Å². The molecule has 3 heteroatoms. The molecule has 0 atom stereocenters. The van der Waals surface area contributed by atoms with Gasteiger partial charge in [-0.05, 0) is 52.4 Å². The van der Waals surface area contributed by atoms with E-state index < -0.39 is 0 Å². The molecule has 0 unspecified atom stereocenters. The zero-order valence-electron chi connectivity index (χ0n) is 5.20. The largest absolute Gasteiger partial charge is 0.207 e. The van der Waals surface area contributed by atoms with Gasteiger partial charge in [0.25, 0.3) is 0 Å². The minimum absolute atomic E-state index is 0.167. The van der Waals surface area contributed by atoms with Crippen LogP contribution in [0.3, 0.4) is 0 Å². The summed E-state index contributed by atoms with van der Waals surface area (Å²) in [7, 11) is 3.30. The Kier molecular flexibility index (Phi) is 2.85. The molecule has 0 saturated carbocycles. The first-order chi connectivity index (χ1) is 4.72. The molecule has 0 aliphatic rings. The second-order valence-electron chi connectivity index (χ2n) is 1.95. The minimum atomic E-state index is -0.167. The van der Waals surface area contributed by atoms with Crippen LogP contribution in [-0.4, -0.2) is 10.2 Å². The third-order valence-corrected chi connectivity index (χ3v) is 2.16. The third kappa shape index (κ3) is 2.05. The molecule has 0 aliphatic carbocycles. The SMILES string of the molecule is Fc1cc(I)cc(C[Si])c1. The van der Waals surface area contributed by atoms with E-state index in [-0.39, 0.29) is 5.82 Å². The van der Waals surface area contributed by atoms with Gasteiger partial charge in [-0.25, -0.2) is 4.39 Å². The average molecular weight is 263 g/mol. The Labute approximate surface area is 76.4 Å². The van der Waals surface area contributed by atoms with E-state index in [1.54, 1.807) is 0 Å². The van der Waals surface area contributed by atoms with Crippen LogP contribution < -0.4 is 0 Å². The highest BCUT2D eigenvalue weighted by molar-refractivity contribution is 14.1. The summed E-state index contributed by atoms with van der Waals surface area (Å²) in [5.74, 6) is -0.167. The lowest BCUT2D eigenvalue weighted by Gasteiger charge is -1.96. The molecule has 1 rings (SSSR count). The number of hydrogen-bond donors (Lipinski definition) is 0. The van der Waals surface area contributed by atoms with E-state index in [0.717, 1.165) is 9.13 Å². The second kappa shape index (κ2) is 3.48. The van der Waals surface area contributed by atoms with Crippen molar-refractivity contribution in [2.75, 3.05) is 0 Å². The molecule has 0 saturated heterocycles. The van der Waals surface area contributed by atoms with Gasteiger partial charge in [0.1, 0.15) is 5.82 Å². The van der Waals surface area contributed by atoms with Crippen molar-refractivity contribution < 1.29 is 4.39 Å². The average Bonchev–Trinajstić information content (AvgIpc) is 1.85. The minimum Gasteiger partial charge on any atom is -0.207 e. The molecule has 3 radical (unpaired) electrons. The van der Waals surface area contributed by atoms with Crippen molar-refractivity contribution in [3.63, 3.8) is 0 Å². The van der Waals surface area contributed by atoms with Gasteiger partial charge in [-0.1, -0.05) is 0 Å². The van der Waals surface area contributed by atoms with Crippen molar-refractivity contribution in [2.24, 2.45) is 0 Å². The monoisotopic (exact) mass is 263 g/mol. The Morgan fingerprint density at radius 1 is 1.40 bits per heavy atom. The van der Waals surface area contributed by atoms with Crippen molar-refractivity contribution in [2.45, 2.75) is 6.04 Å². The summed E-state index contributed by atoms with van der Waals surface area (Å²) in [6.45, 7) is 0. The Bertz CT molecular complexity index is 217. The van der Waals surface area contributed by atoms with Crippen LogP contribution in [0.25, 0.3) is 0 Å². The van der Waals surface area contributed by atoms with Crippen molar-refractivity contribution in [1.82, 2.24) is 0 Å². The molecule has 1 aromatic rings. The van der Waals surface area contributed by atoms with Crippen LogP contribution in [0.2, 0.25) is 0 Å². The lowest BCUT2D eigenvalue weighted by atomic mass is 10.2. The number of halogens is 2. The lowest BCUT2D eigenvalue weighted by Crippen LogP contribution is -1.86. The summed E-state index contributed by atoms with van der Waals surface area (Å²) < 4.78 is 13.5. The predicted octanol–water partition coefficient (Wildman–Crippen LogP) is 2.10. The molecule has 0 amide bonds. The lowest BCUT2D eigenvalue weighted by molar-refractivity contribution is 0.625. The van der Waals surface area contributed by atoms with Crippen LogP contribution in [-0.2, 0) is 6.04 Å². The maximum atomic E-state index is 12.6. The molecule has 0 fully saturated rings. The predicted molar refractivity (Wildman–Crippen MR) is 48.6 cm³/mol. The highest BCUT2D eigenvalue weighted by Gasteiger charge is 1.95. The molecule has 0 aromatic heterocycles. The maximum absolute atomic E-state index is 12.6. The molecule has 0 heterocycles. The Balaban J connectivity index is 3.06. The fraction of sp³-hybridized carbons (Fsp3) is 0.143. The molecule has 1 aromatic carbocycles. The topological polar surface area (TPSA) is 0 Å². The van der Waals surface area contributed by atoms with E-state index >= 15 is 0 Å². The van der Waals surface area contributed by atoms with Crippen LogP contribution in [0.4, 0.5) is 4.39 Å². The van der Waals surface area contributed by atoms with Crippen molar-refractivity contribution >= 4 is 32.8 Å². The highest BCUT2D eigenvalue weighted by Crippen LogP contribution is 2.10. The summed E-state index contributed by atoms with van der Waals surface area (Å²) in [4.78, 5) is 0. The van der Waals surface area contributed by atoms with Crippen LogP contribution in [0.1, 0.15) is 5.56 Å². The standard InChI is InChI=1S/C7H5FISi/c8-6-1-5(4-10)2-7(9)3-6/h1-3H,4H2. The zero-order valence-corrected chi connectivity index (χ0v) is 8.35. The van der Waals surface area contributed by atoms with E-state index in [1.807, 2.05) is 6.07 Å². The normalized spacial score (nSPS) is 9.90. The molecule has 10 heavy (non-hydrogen) atoms. The third-order valence-electron chi connectivity index (χ3n) is 1.13. The summed E-state index contributed by atoms with van der Waals surface area (Å²) in [5, 5.41) is 0. The summed E-state index contributed by atoms with van der Waals surface area (Å²) in [5.41, 5.74) is 0.973. The van der Waals surface area contributed by atoms with Crippen LogP contribution in [0.5, 0.6) is 0 Å². The van der Waals surface area contributed by atoms with E-state index in [4.69, 9.17) is 0 Å². The van der Waals surface area contributed by atoms with E-state index in [2.05, 4.69) is 32.8 Å². The summed E-state index contributed by atoms with van der Waals surface area (Å²) in [6, 6.07) is 5.67. The molecule has 0 nitrogen and oxygen atoms in total. The van der Waals surface area contributed by atoms with Gasteiger partial charge in [-0.15, -0.1) is 0 Å². The first kappa shape index (κ1) is 8.20. The maximum Gasteiger partial charge on any atom is 0.124 e. The molecule has 0 bridgehead atoms. The quantitative estimate of drug-likeness (QED) is 0.537. The van der Waals surface area contributed by atoms with Gasteiger partial charge in [-0.2, -0.15) is 0 Å². The molecular weight excluding hydrogens is 258 g/mol. The van der Waals surface area contributed by atoms with Crippen molar-refractivity contribution in [1.29, 1.82) is 0 Å². The van der Waals surface area contributed by atoms with Gasteiger partial charge in [-0.3, -0.25) is 0 Å². The molecule has 0 N–H and O–H groups in total. The van der Waals surface area contributed by atoms with Crippen LogP contribution >= 0.6 is 22.6 Å². The number of benzene rings is 1. The Morgan fingerprint density at radius 3 is 2.60 bits per heavy atom. The zero-order chi connectivity index (χ0) is 7.56. The van der Waals surface area contributed by atoms with Crippen LogP contribution in [0, 0.1) is 9.39 Å². The van der Waals surface area contributed by atoms with Gasteiger partial charge in [0.15, 0.2) is 0 Å². The second-order valence-corrected chi connectivity index (χ2v) is 3.55. The number of rotatable bonds is 1. The number of hydrogen-bond acceptors (Lipinski definition) is 0. The van der Waals surface area contributed by atoms with Gasteiger partial charge in [0.2, 0.25) is 0 Å². The van der Waals surface area contributed by atoms with E-state index in [9.17, 15) is 4.39 Å².